The smallest absolute Gasteiger partial charge is 0.241 e. The third-order valence-electron chi connectivity index (χ3n) is 5.15. The molecule has 0 spiro atoms. The van der Waals surface area contributed by atoms with Gasteiger partial charge in [0.25, 0.3) is 0 Å². The number of nitrogens with zero attached hydrogens (tertiary/aromatic N) is 3. The summed E-state index contributed by atoms with van der Waals surface area (Å²) in [5, 5.41) is 3.87. The molecule has 1 aromatic heterocycles. The van der Waals surface area contributed by atoms with Gasteiger partial charge in [-0.1, -0.05) is 25.4 Å². The minimum absolute atomic E-state index is 0. The van der Waals surface area contributed by atoms with Gasteiger partial charge in [-0.2, -0.15) is 0 Å². The molecule has 1 fully saturated rings. The van der Waals surface area contributed by atoms with E-state index < -0.39 is 0 Å². The minimum Gasteiger partial charge on any atom is -0.383 e. The molecule has 3 rings (SSSR count). The number of aromatic nitrogens is 1. The SMILES string of the molecule is COC[C@H]1CN[C@H](C)CN1CC(=O)N1CC(C)(C)c2cnc(Cl)cc21.Cl. The van der Waals surface area contributed by atoms with Crippen molar-refractivity contribution in [1.82, 2.24) is 15.2 Å². The summed E-state index contributed by atoms with van der Waals surface area (Å²) in [6.07, 6.45) is 1.80. The van der Waals surface area contributed by atoms with E-state index in [4.69, 9.17) is 16.3 Å². The molecule has 1 aromatic rings. The molecule has 146 valence electrons. The maximum Gasteiger partial charge on any atom is 0.241 e. The fourth-order valence-electron chi connectivity index (χ4n) is 3.79. The highest BCUT2D eigenvalue weighted by molar-refractivity contribution is 6.29. The molecular formula is C18H28Cl2N4O2. The summed E-state index contributed by atoms with van der Waals surface area (Å²) < 4.78 is 5.33. The van der Waals surface area contributed by atoms with Crippen LogP contribution >= 0.6 is 24.0 Å². The van der Waals surface area contributed by atoms with Gasteiger partial charge in [0.1, 0.15) is 5.15 Å². The third kappa shape index (κ3) is 4.31. The average molecular weight is 403 g/mol. The Labute approximate surface area is 166 Å². The highest BCUT2D eigenvalue weighted by Gasteiger charge is 2.39. The van der Waals surface area contributed by atoms with Gasteiger partial charge in [-0.15, -0.1) is 12.4 Å². The van der Waals surface area contributed by atoms with Crippen molar-refractivity contribution in [2.75, 3.05) is 44.8 Å². The van der Waals surface area contributed by atoms with Gasteiger partial charge in [0, 0.05) is 56.0 Å². The lowest BCUT2D eigenvalue weighted by Gasteiger charge is -2.39. The van der Waals surface area contributed by atoms with Crippen molar-refractivity contribution in [3.63, 3.8) is 0 Å². The molecule has 0 aromatic carbocycles. The second kappa shape index (κ2) is 8.40. The van der Waals surface area contributed by atoms with Gasteiger partial charge in [0.2, 0.25) is 5.91 Å². The van der Waals surface area contributed by atoms with E-state index in [0.717, 1.165) is 24.3 Å². The Morgan fingerprint density at radius 3 is 2.92 bits per heavy atom. The van der Waals surface area contributed by atoms with Crippen molar-refractivity contribution < 1.29 is 9.53 Å². The first kappa shape index (κ1) is 21.4. The Morgan fingerprint density at radius 1 is 1.50 bits per heavy atom. The van der Waals surface area contributed by atoms with Crippen LogP contribution < -0.4 is 10.2 Å². The fourth-order valence-corrected chi connectivity index (χ4v) is 3.95. The van der Waals surface area contributed by atoms with E-state index >= 15 is 0 Å². The lowest BCUT2D eigenvalue weighted by molar-refractivity contribution is -0.121. The Bertz CT molecular complexity index is 656. The van der Waals surface area contributed by atoms with Crippen LogP contribution in [0.25, 0.3) is 0 Å². The first-order chi connectivity index (χ1) is 11.8. The lowest BCUT2D eigenvalue weighted by Crippen LogP contribution is -2.59. The molecule has 0 bridgehead atoms. The topological polar surface area (TPSA) is 57.7 Å². The number of halogens is 2. The normalized spacial score (nSPS) is 24.9. The summed E-state index contributed by atoms with van der Waals surface area (Å²) in [6, 6.07) is 2.37. The number of fused-ring (bicyclic) bond motifs is 1. The predicted molar refractivity (Wildman–Crippen MR) is 107 cm³/mol. The number of methoxy groups -OCH3 is 1. The summed E-state index contributed by atoms with van der Waals surface area (Å²) in [5.41, 5.74) is 1.85. The summed E-state index contributed by atoms with van der Waals surface area (Å²) in [7, 11) is 1.70. The van der Waals surface area contributed by atoms with Gasteiger partial charge in [-0.05, 0) is 13.0 Å². The highest BCUT2D eigenvalue weighted by Crippen LogP contribution is 2.41. The van der Waals surface area contributed by atoms with Crippen LogP contribution in [0.15, 0.2) is 12.3 Å². The van der Waals surface area contributed by atoms with Crippen molar-refractivity contribution >= 4 is 35.6 Å². The molecule has 2 aliphatic rings. The average Bonchev–Trinajstić information content (AvgIpc) is 2.81. The summed E-state index contributed by atoms with van der Waals surface area (Å²) in [5.74, 6) is 0.101. The number of ether oxygens (including phenoxy) is 1. The lowest BCUT2D eigenvalue weighted by atomic mass is 9.88. The zero-order valence-corrected chi connectivity index (χ0v) is 17.4. The largest absolute Gasteiger partial charge is 0.383 e. The van der Waals surface area contributed by atoms with Crippen LogP contribution in [0.2, 0.25) is 5.15 Å². The number of anilines is 1. The van der Waals surface area contributed by atoms with E-state index in [0.29, 0.717) is 30.9 Å². The number of hydrogen-bond donors (Lipinski definition) is 1. The van der Waals surface area contributed by atoms with Gasteiger partial charge in [-0.3, -0.25) is 9.69 Å². The number of carbonyl (C=O) groups excluding carboxylic acids is 1. The van der Waals surface area contributed by atoms with Crippen LogP contribution in [-0.2, 0) is 14.9 Å². The number of amides is 1. The monoisotopic (exact) mass is 402 g/mol. The maximum absolute atomic E-state index is 13.1. The van der Waals surface area contributed by atoms with Gasteiger partial charge < -0.3 is 15.0 Å². The number of hydrogen-bond acceptors (Lipinski definition) is 5. The van der Waals surface area contributed by atoms with Crippen LogP contribution in [0.1, 0.15) is 26.3 Å². The molecule has 26 heavy (non-hydrogen) atoms. The Balaban J connectivity index is 0.00000243. The van der Waals surface area contributed by atoms with Gasteiger partial charge in [0.05, 0.1) is 18.8 Å². The highest BCUT2D eigenvalue weighted by atomic mass is 35.5. The Hall–Kier alpha value is -0.920. The van der Waals surface area contributed by atoms with Crippen molar-refractivity contribution in [2.24, 2.45) is 0 Å². The molecule has 8 heteroatoms. The number of nitrogens with one attached hydrogen (secondary N) is 1. The molecule has 1 N–H and O–H groups in total. The number of rotatable bonds is 4. The quantitative estimate of drug-likeness (QED) is 0.781. The number of carbonyl (C=O) groups is 1. The number of pyridine rings is 1. The molecule has 2 atom stereocenters. The van der Waals surface area contributed by atoms with Crippen LogP contribution in [0.3, 0.4) is 0 Å². The molecule has 2 aliphatic heterocycles. The molecule has 1 saturated heterocycles. The second-order valence-corrected chi connectivity index (χ2v) is 8.12. The molecule has 0 saturated carbocycles. The standard InChI is InChI=1S/C18H27ClN4O2.ClH/c1-12-8-22(13(6-20-12)10-25-4)9-17(24)23-11-18(2,3)14-7-21-16(19)5-15(14)23;/h5,7,12-13,20H,6,8-11H2,1-4H3;1H/t12-,13-;/m1./s1. The molecular weight excluding hydrogens is 375 g/mol. The maximum atomic E-state index is 13.1. The Morgan fingerprint density at radius 2 is 2.23 bits per heavy atom. The van der Waals surface area contributed by atoms with Gasteiger partial charge in [0.15, 0.2) is 0 Å². The van der Waals surface area contributed by atoms with E-state index in [-0.39, 0.29) is 29.8 Å². The van der Waals surface area contributed by atoms with Crippen LogP contribution in [0, 0.1) is 0 Å². The molecule has 0 radical (unpaired) electrons. The molecule has 6 nitrogen and oxygen atoms in total. The summed E-state index contributed by atoms with van der Waals surface area (Å²) >= 11 is 6.08. The van der Waals surface area contributed by atoms with Gasteiger partial charge >= 0.3 is 0 Å². The fraction of sp³-hybridized carbons (Fsp3) is 0.667. The summed E-state index contributed by atoms with van der Waals surface area (Å²) in [4.78, 5) is 21.4. The number of piperazine rings is 1. The van der Waals surface area contributed by atoms with E-state index in [1.54, 1.807) is 19.4 Å². The molecule has 1 amide bonds. The van der Waals surface area contributed by atoms with E-state index in [1.807, 2.05) is 4.90 Å². The van der Waals surface area contributed by atoms with E-state index in [2.05, 4.69) is 36.0 Å². The molecule has 0 unspecified atom stereocenters. The first-order valence-corrected chi connectivity index (χ1v) is 9.12. The zero-order chi connectivity index (χ0) is 18.2. The van der Waals surface area contributed by atoms with Crippen LogP contribution in [0.5, 0.6) is 0 Å². The van der Waals surface area contributed by atoms with E-state index in [9.17, 15) is 4.79 Å². The van der Waals surface area contributed by atoms with Crippen molar-refractivity contribution in [2.45, 2.75) is 38.3 Å². The van der Waals surface area contributed by atoms with Crippen molar-refractivity contribution in [1.29, 1.82) is 0 Å². The van der Waals surface area contributed by atoms with Crippen molar-refractivity contribution in [3.05, 3.63) is 23.0 Å². The zero-order valence-electron chi connectivity index (χ0n) is 15.8. The van der Waals surface area contributed by atoms with Crippen molar-refractivity contribution in [3.8, 4) is 0 Å². The first-order valence-electron chi connectivity index (χ1n) is 8.74. The van der Waals surface area contributed by atoms with Crippen LogP contribution in [-0.4, -0.2) is 67.8 Å². The van der Waals surface area contributed by atoms with Crippen LogP contribution in [0.4, 0.5) is 5.69 Å². The molecule has 0 aliphatic carbocycles. The third-order valence-corrected chi connectivity index (χ3v) is 5.35. The van der Waals surface area contributed by atoms with Gasteiger partial charge in [-0.25, -0.2) is 4.98 Å². The minimum atomic E-state index is -0.120. The molecule has 3 heterocycles. The predicted octanol–water partition coefficient (Wildman–Crippen LogP) is 2.09. The Kier molecular flexibility index (Phi) is 6.91. The van der Waals surface area contributed by atoms with E-state index in [1.165, 1.54) is 0 Å². The summed E-state index contributed by atoms with van der Waals surface area (Å²) in [6.45, 7) is 9.73. The second-order valence-electron chi connectivity index (χ2n) is 7.74.